The number of carbonyl (C=O) groups excluding carboxylic acids is 1. The minimum atomic E-state index is -4.79. The summed E-state index contributed by atoms with van der Waals surface area (Å²) in [5, 5.41) is 3.28. The van der Waals surface area contributed by atoms with E-state index >= 15 is 0 Å². The number of alkyl halides is 3. The number of carbonyl (C=O) groups is 1. The van der Waals surface area contributed by atoms with Crippen LogP contribution in [0.5, 0.6) is 0 Å². The summed E-state index contributed by atoms with van der Waals surface area (Å²) < 4.78 is 56.0. The maximum atomic E-state index is 14.7. The van der Waals surface area contributed by atoms with Gasteiger partial charge < -0.3 is 15.1 Å². The molecule has 4 rings (SSSR count). The summed E-state index contributed by atoms with van der Waals surface area (Å²) in [5.74, 6) is -1.07. The van der Waals surface area contributed by atoms with Gasteiger partial charge in [0.1, 0.15) is 11.4 Å². The van der Waals surface area contributed by atoms with E-state index in [1.54, 1.807) is 35.2 Å². The summed E-state index contributed by atoms with van der Waals surface area (Å²) in [6.07, 6.45) is -2.66. The molecule has 1 saturated heterocycles. The molecule has 2 amide bonds. The fourth-order valence-corrected chi connectivity index (χ4v) is 4.77. The molecule has 3 aromatic rings. The standard InChI is InChI=1S/C27H27ClF4N4O/c1-35(2)23-10-11-36(17-23)25(37)34-26(15-18-6-4-3-5-7-18,24-9-8-21(28)16-33-24)19-12-20(27(30,31)32)14-22(29)13-19/h3-9,12-14,16,23H,10-11,15,17H2,1-2H3,(H,34,37). The third-order valence-corrected chi connectivity index (χ3v) is 6.92. The summed E-state index contributed by atoms with van der Waals surface area (Å²) in [6, 6.07) is 14.0. The molecule has 5 nitrogen and oxygen atoms in total. The molecule has 0 aliphatic carbocycles. The first-order chi connectivity index (χ1) is 17.5. The van der Waals surface area contributed by atoms with Crippen molar-refractivity contribution in [1.82, 2.24) is 20.1 Å². The molecule has 10 heteroatoms. The quantitative estimate of drug-likeness (QED) is 0.411. The second-order valence-electron chi connectivity index (χ2n) is 9.44. The molecule has 1 fully saturated rings. The average Bonchev–Trinajstić information content (AvgIpc) is 3.35. The maximum Gasteiger partial charge on any atom is 0.416 e. The Morgan fingerprint density at radius 2 is 1.81 bits per heavy atom. The number of amides is 2. The minimum absolute atomic E-state index is 0.0277. The lowest BCUT2D eigenvalue weighted by Crippen LogP contribution is -2.53. The number of aromatic nitrogens is 1. The highest BCUT2D eigenvalue weighted by molar-refractivity contribution is 6.30. The molecule has 1 aliphatic rings. The fourth-order valence-electron chi connectivity index (χ4n) is 4.66. The van der Waals surface area contributed by atoms with E-state index in [1.807, 2.05) is 19.0 Å². The summed E-state index contributed by atoms with van der Waals surface area (Å²) in [6.45, 7) is 0.923. The van der Waals surface area contributed by atoms with Gasteiger partial charge in [0.25, 0.3) is 0 Å². The second-order valence-corrected chi connectivity index (χ2v) is 9.87. The molecule has 2 unspecified atom stereocenters. The van der Waals surface area contributed by atoms with Crippen LogP contribution in [0.2, 0.25) is 5.02 Å². The molecule has 0 radical (unpaired) electrons. The third-order valence-electron chi connectivity index (χ3n) is 6.70. The number of likely N-dealkylation sites (N-methyl/N-ethyl adjacent to an activating group) is 1. The van der Waals surface area contributed by atoms with Gasteiger partial charge in [0.05, 0.1) is 16.3 Å². The van der Waals surface area contributed by atoms with Gasteiger partial charge in [-0.25, -0.2) is 9.18 Å². The van der Waals surface area contributed by atoms with Gasteiger partial charge in [0.15, 0.2) is 0 Å². The van der Waals surface area contributed by atoms with E-state index in [4.69, 9.17) is 11.6 Å². The highest BCUT2D eigenvalue weighted by atomic mass is 35.5. The fraction of sp³-hybridized carbons (Fsp3) is 0.333. The van der Waals surface area contributed by atoms with Crippen LogP contribution in [0.25, 0.3) is 0 Å². The summed E-state index contributed by atoms with van der Waals surface area (Å²) in [4.78, 5) is 21.7. The molecule has 196 valence electrons. The number of pyridine rings is 1. The first-order valence-corrected chi connectivity index (χ1v) is 12.1. The van der Waals surface area contributed by atoms with Crippen molar-refractivity contribution in [3.8, 4) is 0 Å². The van der Waals surface area contributed by atoms with Crippen LogP contribution < -0.4 is 5.32 Å². The zero-order valence-corrected chi connectivity index (χ0v) is 21.2. The van der Waals surface area contributed by atoms with E-state index in [2.05, 4.69) is 10.3 Å². The number of urea groups is 1. The maximum absolute atomic E-state index is 14.7. The van der Waals surface area contributed by atoms with Crippen LogP contribution in [0.3, 0.4) is 0 Å². The Hall–Kier alpha value is -3.17. The zero-order valence-electron chi connectivity index (χ0n) is 20.4. The highest BCUT2D eigenvalue weighted by Crippen LogP contribution is 2.38. The Bertz CT molecular complexity index is 1240. The Morgan fingerprint density at radius 3 is 2.41 bits per heavy atom. The molecule has 1 N–H and O–H groups in total. The van der Waals surface area contributed by atoms with E-state index in [-0.39, 0.29) is 23.7 Å². The number of hydrogen-bond acceptors (Lipinski definition) is 3. The monoisotopic (exact) mass is 534 g/mol. The molecule has 2 atom stereocenters. The van der Waals surface area contributed by atoms with Crippen LogP contribution in [0.15, 0.2) is 66.9 Å². The first kappa shape index (κ1) is 26.9. The number of nitrogens with zero attached hydrogens (tertiary/aromatic N) is 3. The minimum Gasteiger partial charge on any atom is -0.323 e. The Labute approximate surface area is 218 Å². The largest absolute Gasteiger partial charge is 0.416 e. The third kappa shape index (κ3) is 6.05. The van der Waals surface area contributed by atoms with Crippen molar-refractivity contribution in [2.24, 2.45) is 0 Å². The number of benzene rings is 2. The van der Waals surface area contributed by atoms with Crippen LogP contribution >= 0.6 is 11.6 Å². The SMILES string of the molecule is CN(C)C1CCN(C(=O)NC(Cc2ccccc2)(c2cc(F)cc(C(F)(F)F)c2)c2ccc(Cl)cn2)C1. The van der Waals surface area contributed by atoms with Gasteiger partial charge in [-0.15, -0.1) is 0 Å². The van der Waals surface area contributed by atoms with E-state index < -0.39 is 29.1 Å². The molecule has 37 heavy (non-hydrogen) atoms. The lowest BCUT2D eigenvalue weighted by Gasteiger charge is -2.37. The molecule has 0 spiro atoms. The van der Waals surface area contributed by atoms with Gasteiger partial charge in [0.2, 0.25) is 0 Å². The van der Waals surface area contributed by atoms with Gasteiger partial charge in [0, 0.05) is 31.7 Å². The topological polar surface area (TPSA) is 48.5 Å². The Balaban J connectivity index is 1.89. The van der Waals surface area contributed by atoms with Crippen molar-refractivity contribution in [2.75, 3.05) is 27.2 Å². The van der Waals surface area contributed by atoms with Crippen molar-refractivity contribution in [3.05, 3.63) is 100 Å². The van der Waals surface area contributed by atoms with Crippen LogP contribution in [0.4, 0.5) is 22.4 Å². The van der Waals surface area contributed by atoms with Gasteiger partial charge in [-0.1, -0.05) is 41.9 Å². The summed E-state index contributed by atoms with van der Waals surface area (Å²) in [5.41, 5.74) is -1.91. The lowest BCUT2D eigenvalue weighted by atomic mass is 9.79. The van der Waals surface area contributed by atoms with Crippen LogP contribution in [0, 0.1) is 5.82 Å². The number of nitrogens with one attached hydrogen (secondary N) is 1. The highest BCUT2D eigenvalue weighted by Gasteiger charge is 2.42. The van der Waals surface area contributed by atoms with Gasteiger partial charge in [-0.3, -0.25) is 4.98 Å². The number of hydrogen-bond donors (Lipinski definition) is 1. The number of rotatable bonds is 6. The molecular weight excluding hydrogens is 508 g/mol. The molecule has 1 aromatic heterocycles. The van der Waals surface area contributed by atoms with Gasteiger partial charge in [-0.05, 0) is 62.0 Å². The molecular formula is C27H27ClF4N4O. The van der Waals surface area contributed by atoms with Crippen molar-refractivity contribution >= 4 is 17.6 Å². The van der Waals surface area contributed by atoms with Crippen molar-refractivity contribution in [3.63, 3.8) is 0 Å². The Morgan fingerprint density at radius 1 is 1.11 bits per heavy atom. The number of likely N-dealkylation sites (tertiary alicyclic amines) is 1. The Kier molecular flexibility index (Phi) is 7.75. The zero-order chi connectivity index (χ0) is 26.8. The van der Waals surface area contributed by atoms with Crippen molar-refractivity contribution < 1.29 is 22.4 Å². The van der Waals surface area contributed by atoms with Crippen molar-refractivity contribution in [2.45, 2.75) is 30.6 Å². The predicted octanol–water partition coefficient (Wildman–Crippen LogP) is 5.72. The van der Waals surface area contributed by atoms with Crippen LogP contribution in [-0.2, 0) is 18.1 Å². The van der Waals surface area contributed by atoms with E-state index in [9.17, 15) is 22.4 Å². The summed E-state index contributed by atoms with van der Waals surface area (Å²) in [7, 11) is 3.85. The smallest absolute Gasteiger partial charge is 0.323 e. The van der Waals surface area contributed by atoms with Crippen LogP contribution in [0.1, 0.15) is 28.8 Å². The second kappa shape index (κ2) is 10.7. The number of halogens is 5. The van der Waals surface area contributed by atoms with Gasteiger partial charge in [-0.2, -0.15) is 13.2 Å². The summed E-state index contributed by atoms with van der Waals surface area (Å²) >= 11 is 6.06. The lowest BCUT2D eigenvalue weighted by molar-refractivity contribution is -0.137. The van der Waals surface area contributed by atoms with Gasteiger partial charge >= 0.3 is 12.2 Å². The normalized spacial score (nSPS) is 17.6. The molecule has 0 saturated carbocycles. The average molecular weight is 535 g/mol. The molecule has 0 bridgehead atoms. The molecule has 2 aromatic carbocycles. The molecule has 1 aliphatic heterocycles. The van der Waals surface area contributed by atoms with Crippen LogP contribution in [-0.4, -0.2) is 54.0 Å². The first-order valence-electron chi connectivity index (χ1n) is 11.8. The van der Waals surface area contributed by atoms with E-state index in [0.29, 0.717) is 29.7 Å². The predicted molar refractivity (Wildman–Crippen MR) is 134 cm³/mol. The van der Waals surface area contributed by atoms with E-state index in [0.717, 1.165) is 18.6 Å². The molecule has 2 heterocycles. The van der Waals surface area contributed by atoms with Crippen molar-refractivity contribution in [1.29, 1.82) is 0 Å². The van der Waals surface area contributed by atoms with E-state index in [1.165, 1.54) is 18.3 Å².